The first-order valence-electron chi connectivity index (χ1n) is 13.9. The summed E-state index contributed by atoms with van der Waals surface area (Å²) in [6.07, 6.45) is 3.20. The van der Waals surface area contributed by atoms with Crippen LogP contribution in [0.4, 0.5) is 8.78 Å². The number of amides is 2. The van der Waals surface area contributed by atoms with Gasteiger partial charge in [0.15, 0.2) is 5.66 Å². The van der Waals surface area contributed by atoms with Gasteiger partial charge in [0.1, 0.15) is 6.07 Å². The maximum atomic E-state index is 15.2. The second kappa shape index (κ2) is 10.6. The van der Waals surface area contributed by atoms with Crippen molar-refractivity contribution in [2.45, 2.75) is 43.2 Å². The minimum Gasteiger partial charge on any atom is -0.366 e. The molecule has 2 fully saturated rings. The van der Waals surface area contributed by atoms with Gasteiger partial charge in [0.25, 0.3) is 5.92 Å². The minimum atomic E-state index is -3.24. The Morgan fingerprint density at radius 3 is 2.40 bits per heavy atom. The fourth-order valence-corrected chi connectivity index (χ4v) is 6.64. The van der Waals surface area contributed by atoms with E-state index in [1.165, 1.54) is 12.3 Å². The normalized spacial score (nSPS) is 21.3. The Balaban J connectivity index is 1.54. The number of carbonyl (C=O) groups is 2. The number of nitriles is 1. The Kier molecular flexibility index (Phi) is 7.08. The van der Waals surface area contributed by atoms with Crippen molar-refractivity contribution >= 4 is 45.1 Å². The van der Waals surface area contributed by atoms with Gasteiger partial charge in [0.05, 0.1) is 30.0 Å². The lowest BCUT2D eigenvalue weighted by Gasteiger charge is -2.44. The number of likely N-dealkylation sites (tertiary alicyclic amines) is 2. The number of primary amides is 1. The maximum Gasteiger partial charge on any atom is 0.270 e. The van der Waals surface area contributed by atoms with Crippen LogP contribution in [-0.4, -0.2) is 57.8 Å². The van der Waals surface area contributed by atoms with Crippen LogP contribution in [0.25, 0.3) is 21.7 Å². The average Bonchev–Trinajstić information content (AvgIpc) is 3.29. The van der Waals surface area contributed by atoms with Crippen molar-refractivity contribution in [3.8, 4) is 6.07 Å². The Labute approximate surface area is 246 Å². The molecule has 42 heavy (non-hydrogen) atoms. The molecular formula is C32H28ClF2N5O2. The second-order valence-corrected chi connectivity index (χ2v) is 11.6. The van der Waals surface area contributed by atoms with Gasteiger partial charge in [-0.2, -0.15) is 5.26 Å². The lowest BCUT2D eigenvalue weighted by atomic mass is 9.86. The average molecular weight is 588 g/mol. The lowest BCUT2D eigenvalue weighted by Crippen LogP contribution is -2.60. The molecule has 1 aromatic heterocycles. The van der Waals surface area contributed by atoms with E-state index in [1.807, 2.05) is 18.2 Å². The van der Waals surface area contributed by atoms with E-state index in [0.717, 1.165) is 34.9 Å². The molecule has 2 N–H and O–H groups in total. The standard InChI is InChI=1S/C32H28ClF2N5O2/c33-24-8-6-20-14-22(5-4-21(20)15-24)28(23-7-9-27-26(16-23)25(29(37)41)10-11-38-27)30(42)40-19-31(34,35)17-32(40,18-36)39-12-2-1-3-13-39/h4-11,14-16,28H,1-3,12-13,17,19H2,(H2,37,41)/t28?,32-/m1/s1. The molecule has 4 aromatic rings. The van der Waals surface area contributed by atoms with Gasteiger partial charge in [0.2, 0.25) is 11.8 Å². The van der Waals surface area contributed by atoms with Crippen LogP contribution in [0.3, 0.4) is 0 Å². The van der Waals surface area contributed by atoms with E-state index in [2.05, 4.69) is 11.1 Å². The fourth-order valence-electron chi connectivity index (χ4n) is 6.46. The Morgan fingerprint density at radius 1 is 0.976 bits per heavy atom. The number of pyridine rings is 1. The van der Waals surface area contributed by atoms with E-state index < -0.39 is 42.3 Å². The summed E-state index contributed by atoms with van der Waals surface area (Å²) in [7, 11) is 0. The third-order valence-corrected chi connectivity index (χ3v) is 8.67. The zero-order valence-electron chi connectivity index (χ0n) is 22.7. The van der Waals surface area contributed by atoms with Crippen molar-refractivity contribution in [2.24, 2.45) is 5.73 Å². The smallest absolute Gasteiger partial charge is 0.270 e. The highest BCUT2D eigenvalue weighted by Crippen LogP contribution is 2.45. The Hall–Kier alpha value is -4.13. The molecule has 3 heterocycles. The van der Waals surface area contributed by atoms with E-state index in [1.54, 1.807) is 41.3 Å². The van der Waals surface area contributed by atoms with Gasteiger partial charge in [-0.3, -0.25) is 19.5 Å². The number of carbonyl (C=O) groups excluding carboxylic acids is 2. The summed E-state index contributed by atoms with van der Waals surface area (Å²) in [5.74, 6) is -5.56. The highest BCUT2D eigenvalue weighted by Gasteiger charge is 2.61. The van der Waals surface area contributed by atoms with Gasteiger partial charge in [-0.1, -0.05) is 48.4 Å². The van der Waals surface area contributed by atoms with Crippen molar-refractivity contribution in [3.05, 3.63) is 88.6 Å². The predicted octanol–water partition coefficient (Wildman–Crippen LogP) is 5.85. The molecule has 0 aliphatic carbocycles. The van der Waals surface area contributed by atoms with E-state index in [9.17, 15) is 14.9 Å². The van der Waals surface area contributed by atoms with E-state index in [0.29, 0.717) is 40.1 Å². The van der Waals surface area contributed by atoms with Crippen LogP contribution in [0.1, 0.15) is 53.1 Å². The highest BCUT2D eigenvalue weighted by atomic mass is 35.5. The van der Waals surface area contributed by atoms with Crippen molar-refractivity contribution < 1.29 is 18.4 Å². The first kappa shape index (κ1) is 28.0. The summed E-state index contributed by atoms with van der Waals surface area (Å²) in [4.78, 5) is 34.1. The summed E-state index contributed by atoms with van der Waals surface area (Å²) >= 11 is 6.19. The molecule has 0 spiro atoms. The van der Waals surface area contributed by atoms with Gasteiger partial charge in [0, 0.05) is 29.7 Å². The van der Waals surface area contributed by atoms with Crippen molar-refractivity contribution in [1.82, 2.24) is 14.8 Å². The quantitative estimate of drug-likeness (QED) is 0.316. The van der Waals surface area contributed by atoms with E-state index >= 15 is 8.78 Å². The molecule has 214 valence electrons. The monoisotopic (exact) mass is 587 g/mol. The maximum absolute atomic E-state index is 15.2. The molecule has 0 saturated carbocycles. The Morgan fingerprint density at radius 2 is 1.67 bits per heavy atom. The van der Waals surface area contributed by atoms with Crippen molar-refractivity contribution in [3.63, 3.8) is 0 Å². The molecule has 1 unspecified atom stereocenters. The summed E-state index contributed by atoms with van der Waals surface area (Å²) in [5.41, 5.74) is 5.62. The van der Waals surface area contributed by atoms with E-state index in [4.69, 9.17) is 17.3 Å². The predicted molar refractivity (Wildman–Crippen MR) is 156 cm³/mol. The van der Waals surface area contributed by atoms with Crippen LogP contribution in [0.5, 0.6) is 0 Å². The molecule has 2 saturated heterocycles. The fraction of sp³-hybridized carbons (Fsp3) is 0.312. The SMILES string of the molecule is N#C[C@@]1(N2CCCCC2)CC(F)(F)CN1C(=O)C(c1ccc2cc(Cl)ccc2c1)c1ccc2nccc(C(N)=O)c2c1. The molecule has 7 nitrogen and oxygen atoms in total. The van der Waals surface area contributed by atoms with Gasteiger partial charge >= 0.3 is 0 Å². The van der Waals surface area contributed by atoms with Crippen LogP contribution in [0.2, 0.25) is 5.02 Å². The largest absolute Gasteiger partial charge is 0.366 e. The van der Waals surface area contributed by atoms with E-state index in [-0.39, 0.29) is 5.56 Å². The number of aromatic nitrogens is 1. The van der Waals surface area contributed by atoms with Crippen molar-refractivity contribution in [2.75, 3.05) is 19.6 Å². The number of hydrogen-bond donors (Lipinski definition) is 1. The lowest BCUT2D eigenvalue weighted by molar-refractivity contribution is -0.141. The van der Waals surface area contributed by atoms with Crippen LogP contribution in [0.15, 0.2) is 66.9 Å². The number of piperidine rings is 1. The number of rotatable bonds is 5. The molecule has 3 aromatic carbocycles. The summed E-state index contributed by atoms with van der Waals surface area (Å²) in [5, 5.41) is 13.1. The first-order valence-corrected chi connectivity index (χ1v) is 14.2. The molecule has 2 aliphatic heterocycles. The Bertz CT molecular complexity index is 1770. The molecule has 10 heteroatoms. The number of benzene rings is 3. The van der Waals surface area contributed by atoms with Crippen LogP contribution in [-0.2, 0) is 4.79 Å². The zero-order chi connectivity index (χ0) is 29.6. The van der Waals surface area contributed by atoms with Crippen LogP contribution >= 0.6 is 11.6 Å². The summed E-state index contributed by atoms with van der Waals surface area (Å²) in [6, 6.07) is 19.5. The number of halogens is 3. The number of fused-ring (bicyclic) bond motifs is 2. The third kappa shape index (κ3) is 4.85. The highest BCUT2D eigenvalue weighted by molar-refractivity contribution is 6.31. The number of alkyl halides is 2. The minimum absolute atomic E-state index is 0.230. The molecule has 2 amide bonds. The molecule has 6 rings (SSSR count). The molecule has 0 radical (unpaired) electrons. The zero-order valence-corrected chi connectivity index (χ0v) is 23.5. The van der Waals surface area contributed by atoms with Crippen molar-refractivity contribution in [1.29, 1.82) is 5.26 Å². The second-order valence-electron chi connectivity index (χ2n) is 11.1. The summed E-state index contributed by atoms with van der Waals surface area (Å²) in [6.45, 7) is 0.0497. The number of hydrogen-bond acceptors (Lipinski definition) is 5. The third-order valence-electron chi connectivity index (χ3n) is 8.44. The molecular weight excluding hydrogens is 560 g/mol. The molecule has 2 aliphatic rings. The van der Waals surface area contributed by atoms with Gasteiger partial charge in [-0.15, -0.1) is 0 Å². The topological polar surface area (TPSA) is 103 Å². The summed E-state index contributed by atoms with van der Waals surface area (Å²) < 4.78 is 30.4. The van der Waals surface area contributed by atoms with Gasteiger partial charge < -0.3 is 10.6 Å². The number of nitrogens with zero attached hydrogens (tertiary/aromatic N) is 4. The molecule has 2 atom stereocenters. The first-order chi connectivity index (χ1) is 20.1. The van der Waals surface area contributed by atoms with Crippen LogP contribution < -0.4 is 5.73 Å². The van der Waals surface area contributed by atoms with Gasteiger partial charge in [-0.05, 0) is 65.1 Å². The van der Waals surface area contributed by atoms with Crippen LogP contribution in [0, 0.1) is 11.3 Å². The number of nitrogens with two attached hydrogens (primary N) is 1. The molecule has 0 bridgehead atoms. The van der Waals surface area contributed by atoms with Gasteiger partial charge in [-0.25, -0.2) is 8.78 Å².